The number of aromatic amines is 1. The summed E-state index contributed by atoms with van der Waals surface area (Å²) in [5.41, 5.74) is 1.63. The second-order valence-corrected chi connectivity index (χ2v) is 7.10. The van der Waals surface area contributed by atoms with Gasteiger partial charge in [-0.2, -0.15) is 0 Å². The Kier molecular flexibility index (Phi) is 6.41. The molecule has 1 aliphatic rings. The van der Waals surface area contributed by atoms with Crippen LogP contribution >= 0.6 is 0 Å². The first-order chi connectivity index (χ1) is 13.5. The van der Waals surface area contributed by atoms with E-state index in [1.807, 2.05) is 37.8 Å². The summed E-state index contributed by atoms with van der Waals surface area (Å²) in [5, 5.41) is 0. The van der Waals surface area contributed by atoms with Crippen LogP contribution in [0.15, 0.2) is 34.2 Å². The molecule has 8 nitrogen and oxygen atoms in total. The summed E-state index contributed by atoms with van der Waals surface area (Å²) in [6.07, 6.45) is 2.25. The van der Waals surface area contributed by atoms with E-state index in [9.17, 15) is 9.59 Å². The topological polar surface area (TPSA) is 92.6 Å². The quantitative estimate of drug-likeness (QED) is 0.837. The van der Waals surface area contributed by atoms with Gasteiger partial charge in [0.05, 0.1) is 13.2 Å². The highest BCUT2D eigenvalue weighted by molar-refractivity contribution is 5.78. The predicted molar refractivity (Wildman–Crippen MR) is 107 cm³/mol. The summed E-state index contributed by atoms with van der Waals surface area (Å²) in [6, 6.07) is 5.56. The van der Waals surface area contributed by atoms with E-state index in [-0.39, 0.29) is 23.9 Å². The van der Waals surface area contributed by atoms with Gasteiger partial charge in [-0.05, 0) is 39.3 Å². The molecule has 1 N–H and O–H groups in total. The van der Waals surface area contributed by atoms with Crippen LogP contribution in [0.5, 0.6) is 0 Å². The van der Waals surface area contributed by atoms with E-state index >= 15 is 0 Å². The smallest absolute Gasteiger partial charge is 0.255 e. The Balaban J connectivity index is 1.76. The summed E-state index contributed by atoms with van der Waals surface area (Å²) >= 11 is 0. The van der Waals surface area contributed by atoms with Gasteiger partial charge in [0, 0.05) is 43.0 Å². The molecule has 1 fully saturated rings. The van der Waals surface area contributed by atoms with E-state index in [1.165, 1.54) is 0 Å². The van der Waals surface area contributed by atoms with Crippen molar-refractivity contribution in [3.05, 3.63) is 51.5 Å². The Bertz CT molecular complexity index is 955. The molecular formula is C20H27N5O3. The lowest BCUT2D eigenvalue weighted by Crippen LogP contribution is -2.38. The molecule has 2 aromatic heterocycles. The van der Waals surface area contributed by atoms with Crippen LogP contribution in [0.3, 0.4) is 0 Å². The van der Waals surface area contributed by atoms with Gasteiger partial charge in [0.1, 0.15) is 5.49 Å². The first-order valence-electron chi connectivity index (χ1n) is 9.63. The first-order valence-corrected chi connectivity index (χ1v) is 9.63. The van der Waals surface area contributed by atoms with Crippen molar-refractivity contribution >= 4 is 11.9 Å². The van der Waals surface area contributed by atoms with Gasteiger partial charge in [0.15, 0.2) is 0 Å². The number of carbonyl (C=O) groups is 1. The van der Waals surface area contributed by atoms with Crippen molar-refractivity contribution in [2.75, 3.05) is 31.2 Å². The fraction of sp³-hybridized carbons (Fsp3) is 0.500. The molecule has 28 heavy (non-hydrogen) atoms. The minimum Gasteiger partial charge on any atom is -0.378 e. The third-order valence-electron chi connectivity index (χ3n) is 4.61. The van der Waals surface area contributed by atoms with Gasteiger partial charge in [-0.15, -0.1) is 0 Å². The van der Waals surface area contributed by atoms with E-state index in [2.05, 4.69) is 15.0 Å². The summed E-state index contributed by atoms with van der Waals surface area (Å²) < 4.78 is 6.88. The van der Waals surface area contributed by atoms with Crippen molar-refractivity contribution in [2.45, 2.75) is 39.7 Å². The number of H-pyrrole nitrogens is 1. The number of nitrogens with one attached hydrogen (secondary N) is 1. The predicted octanol–water partition coefficient (Wildman–Crippen LogP) is 1.30. The lowest BCUT2D eigenvalue weighted by molar-refractivity contribution is 0.0897. The third kappa shape index (κ3) is 4.75. The maximum atomic E-state index is 12.7. The van der Waals surface area contributed by atoms with E-state index in [4.69, 9.17) is 4.74 Å². The highest BCUT2D eigenvalue weighted by Gasteiger charge is 2.17. The number of aryl methyl sites for hydroxylation is 1. The second kappa shape index (κ2) is 8.97. The van der Waals surface area contributed by atoms with Gasteiger partial charge < -0.3 is 9.64 Å². The standard InChI is InChI=1S/C20H27N5O3/c1-14(2)21-17-6-4-5-9-25(17)18(26)8-7-16-15(3)22-20(23-19(16)27)24-10-12-28-13-11-24/h4-6,9,14H,7-8,10-13H2,1-3H3,(H,22,23,27). The number of anilines is 1. The van der Waals surface area contributed by atoms with Crippen molar-refractivity contribution in [3.8, 4) is 0 Å². The number of nitrogens with zero attached hydrogens (tertiary/aromatic N) is 4. The number of hydrogen-bond donors (Lipinski definition) is 1. The van der Waals surface area contributed by atoms with Gasteiger partial charge in [-0.3, -0.25) is 24.1 Å². The summed E-state index contributed by atoms with van der Waals surface area (Å²) in [7, 11) is 0. The van der Waals surface area contributed by atoms with E-state index in [0.29, 0.717) is 55.4 Å². The molecule has 3 heterocycles. The first kappa shape index (κ1) is 20.0. The van der Waals surface area contributed by atoms with Crippen molar-refractivity contribution < 1.29 is 9.53 Å². The van der Waals surface area contributed by atoms with Crippen LogP contribution in [-0.4, -0.2) is 52.8 Å². The minimum atomic E-state index is -0.188. The number of hydrogen-bond acceptors (Lipinski definition) is 6. The molecule has 0 aromatic carbocycles. The summed E-state index contributed by atoms with van der Waals surface area (Å²) in [6.45, 7) is 8.39. The number of morpholine rings is 1. The lowest BCUT2D eigenvalue weighted by Gasteiger charge is -2.27. The van der Waals surface area contributed by atoms with Crippen molar-refractivity contribution in [1.82, 2.24) is 14.5 Å². The number of aromatic nitrogens is 3. The number of pyridine rings is 1. The molecule has 0 amide bonds. The lowest BCUT2D eigenvalue weighted by atomic mass is 10.1. The molecule has 1 aliphatic heterocycles. The Labute approximate surface area is 163 Å². The molecule has 0 aliphatic carbocycles. The Morgan fingerprint density at radius 2 is 2.07 bits per heavy atom. The largest absolute Gasteiger partial charge is 0.378 e. The van der Waals surface area contributed by atoms with Crippen LogP contribution in [0.1, 0.15) is 36.3 Å². The van der Waals surface area contributed by atoms with Crippen molar-refractivity contribution in [2.24, 2.45) is 4.99 Å². The summed E-state index contributed by atoms with van der Waals surface area (Å²) in [4.78, 5) is 39.2. The molecule has 1 saturated heterocycles. The van der Waals surface area contributed by atoms with Gasteiger partial charge >= 0.3 is 0 Å². The van der Waals surface area contributed by atoms with Gasteiger partial charge in [-0.25, -0.2) is 4.98 Å². The molecule has 8 heteroatoms. The van der Waals surface area contributed by atoms with Gasteiger partial charge in [0.25, 0.3) is 5.56 Å². The molecule has 0 bridgehead atoms. The Hall–Kier alpha value is -2.74. The minimum absolute atomic E-state index is 0.0865. The molecular weight excluding hydrogens is 358 g/mol. The van der Waals surface area contributed by atoms with Crippen LogP contribution in [0.25, 0.3) is 0 Å². The SMILES string of the molecule is Cc1nc(N2CCOCC2)[nH]c(=O)c1CCC(=O)n1ccccc1=NC(C)C. The zero-order valence-corrected chi connectivity index (χ0v) is 16.6. The molecule has 2 aromatic rings. The van der Waals surface area contributed by atoms with Crippen LogP contribution < -0.4 is 15.9 Å². The van der Waals surface area contributed by atoms with Crippen LogP contribution in [-0.2, 0) is 11.2 Å². The zero-order valence-electron chi connectivity index (χ0n) is 16.6. The average molecular weight is 385 g/mol. The fourth-order valence-electron chi connectivity index (χ4n) is 3.18. The van der Waals surface area contributed by atoms with Crippen LogP contribution in [0.2, 0.25) is 0 Å². The molecule has 0 spiro atoms. The van der Waals surface area contributed by atoms with Gasteiger partial charge in [0.2, 0.25) is 11.9 Å². The van der Waals surface area contributed by atoms with Gasteiger partial charge in [-0.1, -0.05) is 6.07 Å². The van der Waals surface area contributed by atoms with E-state index in [0.717, 1.165) is 0 Å². The van der Waals surface area contributed by atoms with E-state index < -0.39 is 0 Å². The number of carbonyl (C=O) groups excluding carboxylic acids is 1. The molecule has 0 saturated carbocycles. The molecule has 0 unspecified atom stereocenters. The normalized spacial score (nSPS) is 15.3. The van der Waals surface area contributed by atoms with Crippen molar-refractivity contribution in [1.29, 1.82) is 0 Å². The zero-order chi connectivity index (χ0) is 20.1. The van der Waals surface area contributed by atoms with Crippen LogP contribution in [0.4, 0.5) is 5.95 Å². The Morgan fingerprint density at radius 1 is 1.32 bits per heavy atom. The highest BCUT2D eigenvalue weighted by atomic mass is 16.5. The second-order valence-electron chi connectivity index (χ2n) is 7.10. The maximum Gasteiger partial charge on any atom is 0.255 e. The average Bonchev–Trinajstić information content (AvgIpc) is 2.67. The molecule has 0 atom stereocenters. The highest BCUT2D eigenvalue weighted by Crippen LogP contribution is 2.11. The number of rotatable bonds is 5. The summed E-state index contributed by atoms with van der Waals surface area (Å²) in [5.74, 6) is 0.465. The molecule has 3 rings (SSSR count). The fourth-order valence-corrected chi connectivity index (χ4v) is 3.18. The monoisotopic (exact) mass is 385 g/mol. The maximum absolute atomic E-state index is 12.7. The van der Waals surface area contributed by atoms with Crippen molar-refractivity contribution in [3.63, 3.8) is 0 Å². The van der Waals surface area contributed by atoms with E-state index in [1.54, 1.807) is 16.8 Å². The van der Waals surface area contributed by atoms with Crippen LogP contribution in [0, 0.1) is 6.92 Å². The number of ether oxygens (including phenoxy) is 1. The Morgan fingerprint density at radius 3 is 2.75 bits per heavy atom. The molecule has 150 valence electrons. The third-order valence-corrected chi connectivity index (χ3v) is 4.61. The molecule has 0 radical (unpaired) electrons.